The molecule has 0 bridgehead atoms. The van der Waals surface area contributed by atoms with Gasteiger partial charge in [-0.05, 0) is 90.2 Å². The SMILES string of the molecule is COc1cc(/C=C2\SC(=O)N(CC(=O)Nc3ccc(C)c(C)c3)C2=O)ccc1OCC(=O)Nc1ccccc1C(C)C. The number of hydrogen-bond acceptors (Lipinski definition) is 7. The number of methoxy groups -OCH3 is 1. The van der Waals surface area contributed by atoms with Gasteiger partial charge in [0.05, 0.1) is 12.0 Å². The molecule has 2 N–H and O–H groups in total. The number of para-hydroxylation sites is 1. The highest BCUT2D eigenvalue weighted by Crippen LogP contribution is 2.34. The van der Waals surface area contributed by atoms with Crippen LogP contribution in [0.25, 0.3) is 6.08 Å². The minimum Gasteiger partial charge on any atom is -0.493 e. The van der Waals surface area contributed by atoms with Crippen LogP contribution in [0.1, 0.15) is 42.0 Å². The highest BCUT2D eigenvalue weighted by Gasteiger charge is 2.36. The molecular weight excluding hydrogens is 554 g/mol. The van der Waals surface area contributed by atoms with E-state index in [0.29, 0.717) is 22.7 Å². The molecule has 1 fully saturated rings. The van der Waals surface area contributed by atoms with Gasteiger partial charge in [-0.15, -0.1) is 0 Å². The first kappa shape index (κ1) is 30.4. The van der Waals surface area contributed by atoms with Gasteiger partial charge in [0.25, 0.3) is 17.1 Å². The number of ether oxygens (including phenoxy) is 2. The lowest BCUT2D eigenvalue weighted by Crippen LogP contribution is -2.36. The van der Waals surface area contributed by atoms with Crippen LogP contribution in [-0.4, -0.2) is 48.1 Å². The summed E-state index contributed by atoms with van der Waals surface area (Å²) in [6, 6.07) is 18.1. The van der Waals surface area contributed by atoms with Crippen molar-refractivity contribution in [2.24, 2.45) is 0 Å². The summed E-state index contributed by atoms with van der Waals surface area (Å²) in [5.41, 5.74) is 5.05. The van der Waals surface area contributed by atoms with Crippen LogP contribution >= 0.6 is 11.8 Å². The summed E-state index contributed by atoms with van der Waals surface area (Å²) in [7, 11) is 1.47. The van der Waals surface area contributed by atoms with E-state index in [1.807, 2.05) is 50.2 Å². The molecule has 9 nitrogen and oxygen atoms in total. The molecule has 4 amide bonds. The number of anilines is 2. The van der Waals surface area contributed by atoms with E-state index in [-0.39, 0.29) is 23.3 Å². The van der Waals surface area contributed by atoms with E-state index < -0.39 is 23.6 Å². The number of rotatable bonds is 10. The maximum Gasteiger partial charge on any atom is 0.294 e. The molecule has 3 aromatic rings. The molecule has 0 aliphatic carbocycles. The number of imide groups is 1. The van der Waals surface area contributed by atoms with Crippen LogP contribution in [0.4, 0.5) is 16.2 Å². The van der Waals surface area contributed by atoms with Gasteiger partial charge in [-0.25, -0.2) is 0 Å². The molecule has 1 aliphatic rings. The van der Waals surface area contributed by atoms with Gasteiger partial charge in [-0.3, -0.25) is 24.1 Å². The quantitative estimate of drug-likeness (QED) is 0.274. The molecule has 4 rings (SSSR count). The number of thioether (sulfide) groups is 1. The smallest absolute Gasteiger partial charge is 0.294 e. The Morgan fingerprint density at radius 3 is 2.40 bits per heavy atom. The van der Waals surface area contributed by atoms with Crippen LogP contribution in [0, 0.1) is 13.8 Å². The Bertz CT molecular complexity index is 1570. The van der Waals surface area contributed by atoms with Gasteiger partial charge in [0.15, 0.2) is 18.1 Å². The molecule has 0 atom stereocenters. The zero-order chi connectivity index (χ0) is 30.4. The molecule has 1 aliphatic heterocycles. The summed E-state index contributed by atoms with van der Waals surface area (Å²) in [4.78, 5) is 51.7. The first-order valence-electron chi connectivity index (χ1n) is 13.4. The molecule has 0 radical (unpaired) electrons. The molecule has 42 heavy (non-hydrogen) atoms. The molecule has 0 saturated carbocycles. The predicted octanol–water partition coefficient (Wildman–Crippen LogP) is 6.13. The summed E-state index contributed by atoms with van der Waals surface area (Å²) in [5.74, 6) is -0.398. The predicted molar refractivity (Wildman–Crippen MR) is 165 cm³/mol. The fourth-order valence-electron chi connectivity index (χ4n) is 4.29. The van der Waals surface area contributed by atoms with Crippen molar-refractivity contribution >= 4 is 52.2 Å². The second-order valence-electron chi connectivity index (χ2n) is 10.1. The van der Waals surface area contributed by atoms with Crippen molar-refractivity contribution in [1.82, 2.24) is 4.90 Å². The largest absolute Gasteiger partial charge is 0.493 e. The molecular formula is C32H33N3O6S. The van der Waals surface area contributed by atoms with Crippen LogP contribution in [0.2, 0.25) is 0 Å². The minimum atomic E-state index is -0.558. The average Bonchev–Trinajstić information content (AvgIpc) is 3.21. The van der Waals surface area contributed by atoms with Gasteiger partial charge >= 0.3 is 0 Å². The van der Waals surface area contributed by atoms with Gasteiger partial charge in [-0.1, -0.05) is 44.2 Å². The van der Waals surface area contributed by atoms with Crippen LogP contribution in [0.5, 0.6) is 11.5 Å². The molecule has 0 spiro atoms. The van der Waals surface area contributed by atoms with Crippen LogP contribution in [0.15, 0.2) is 65.6 Å². The molecule has 218 valence electrons. The zero-order valence-electron chi connectivity index (χ0n) is 24.1. The Kier molecular flexibility index (Phi) is 9.69. The third-order valence-electron chi connectivity index (χ3n) is 6.67. The zero-order valence-corrected chi connectivity index (χ0v) is 25.0. The van der Waals surface area contributed by atoms with E-state index in [4.69, 9.17) is 9.47 Å². The number of aryl methyl sites for hydroxylation is 2. The van der Waals surface area contributed by atoms with Crippen molar-refractivity contribution < 1.29 is 28.7 Å². The monoisotopic (exact) mass is 587 g/mol. The molecule has 1 saturated heterocycles. The number of nitrogens with zero attached hydrogens (tertiary/aromatic N) is 1. The lowest BCUT2D eigenvalue weighted by molar-refractivity contribution is -0.127. The van der Waals surface area contributed by atoms with E-state index in [0.717, 1.165) is 39.0 Å². The van der Waals surface area contributed by atoms with E-state index in [9.17, 15) is 19.2 Å². The average molecular weight is 588 g/mol. The van der Waals surface area contributed by atoms with E-state index in [2.05, 4.69) is 24.5 Å². The van der Waals surface area contributed by atoms with Gasteiger partial charge in [0.2, 0.25) is 5.91 Å². The van der Waals surface area contributed by atoms with Crippen molar-refractivity contribution in [1.29, 1.82) is 0 Å². The number of benzene rings is 3. The minimum absolute atomic E-state index is 0.179. The lowest BCUT2D eigenvalue weighted by Gasteiger charge is -2.15. The maximum absolute atomic E-state index is 13.0. The molecule has 1 heterocycles. The molecule has 3 aromatic carbocycles. The number of amides is 4. The summed E-state index contributed by atoms with van der Waals surface area (Å²) in [6.45, 7) is 7.39. The second-order valence-corrected chi connectivity index (χ2v) is 11.1. The maximum atomic E-state index is 13.0. The van der Waals surface area contributed by atoms with Crippen molar-refractivity contribution in [3.05, 3.63) is 87.8 Å². The summed E-state index contributed by atoms with van der Waals surface area (Å²) < 4.78 is 11.2. The summed E-state index contributed by atoms with van der Waals surface area (Å²) >= 11 is 0.759. The highest BCUT2D eigenvalue weighted by molar-refractivity contribution is 8.18. The Morgan fingerprint density at radius 1 is 0.929 bits per heavy atom. The third kappa shape index (κ3) is 7.38. The van der Waals surface area contributed by atoms with Crippen molar-refractivity contribution in [3.8, 4) is 11.5 Å². The van der Waals surface area contributed by atoms with Gasteiger partial charge in [-0.2, -0.15) is 0 Å². The molecule has 10 heteroatoms. The normalized spacial score (nSPS) is 14.0. The van der Waals surface area contributed by atoms with Crippen molar-refractivity contribution in [2.75, 3.05) is 30.9 Å². The number of nitrogens with one attached hydrogen (secondary N) is 2. The van der Waals surface area contributed by atoms with Crippen LogP contribution in [-0.2, 0) is 14.4 Å². The third-order valence-corrected chi connectivity index (χ3v) is 7.57. The molecule has 0 unspecified atom stereocenters. The van der Waals surface area contributed by atoms with Gasteiger partial charge in [0.1, 0.15) is 6.54 Å². The fourth-order valence-corrected chi connectivity index (χ4v) is 5.13. The van der Waals surface area contributed by atoms with E-state index in [1.165, 1.54) is 7.11 Å². The summed E-state index contributed by atoms with van der Waals surface area (Å²) in [6.07, 6.45) is 1.55. The van der Waals surface area contributed by atoms with E-state index in [1.54, 1.807) is 30.3 Å². The standard InChI is InChI=1S/C32H33N3O6S/c1-19(2)24-8-6-7-9-25(24)34-30(37)18-41-26-13-11-22(15-27(26)40-5)16-28-31(38)35(32(39)42-28)17-29(36)33-23-12-10-20(3)21(4)14-23/h6-16,19H,17-18H2,1-5H3,(H,33,36)(H,34,37)/b28-16-. The van der Waals surface area contributed by atoms with Crippen LogP contribution in [0.3, 0.4) is 0 Å². The Hall–Kier alpha value is -4.57. The number of carbonyl (C=O) groups is 4. The Morgan fingerprint density at radius 2 is 1.69 bits per heavy atom. The van der Waals surface area contributed by atoms with E-state index >= 15 is 0 Å². The summed E-state index contributed by atoms with van der Waals surface area (Å²) in [5, 5.41) is 5.09. The number of carbonyl (C=O) groups excluding carboxylic acids is 4. The number of hydrogen-bond donors (Lipinski definition) is 2. The van der Waals surface area contributed by atoms with Gasteiger partial charge in [0, 0.05) is 11.4 Å². The second kappa shape index (κ2) is 13.4. The van der Waals surface area contributed by atoms with Crippen molar-refractivity contribution in [2.45, 2.75) is 33.6 Å². The highest BCUT2D eigenvalue weighted by atomic mass is 32.2. The Balaban J connectivity index is 1.38. The topological polar surface area (TPSA) is 114 Å². The van der Waals surface area contributed by atoms with Gasteiger partial charge < -0.3 is 20.1 Å². The lowest BCUT2D eigenvalue weighted by atomic mass is 10.0. The van der Waals surface area contributed by atoms with Crippen LogP contribution < -0.4 is 20.1 Å². The first-order valence-corrected chi connectivity index (χ1v) is 14.2. The van der Waals surface area contributed by atoms with Crippen molar-refractivity contribution in [3.63, 3.8) is 0 Å². The Labute approximate surface area is 249 Å². The first-order chi connectivity index (χ1) is 20.0. The molecule has 0 aromatic heterocycles. The fraction of sp³-hybridized carbons (Fsp3) is 0.250.